The number of hydrogen-bond acceptors (Lipinski definition) is 3. The van der Waals surface area contributed by atoms with E-state index in [1.54, 1.807) is 12.4 Å². The number of aromatic nitrogens is 3. The molecule has 4 heteroatoms. The fraction of sp³-hybridized carbons (Fsp3) is 0.200. The van der Waals surface area contributed by atoms with Gasteiger partial charge >= 0.3 is 0 Å². The summed E-state index contributed by atoms with van der Waals surface area (Å²) < 4.78 is 2.15. The van der Waals surface area contributed by atoms with Crippen LogP contribution >= 0.6 is 0 Å². The lowest BCUT2D eigenvalue weighted by atomic mass is 10.1. The van der Waals surface area contributed by atoms with E-state index >= 15 is 0 Å². The summed E-state index contributed by atoms with van der Waals surface area (Å²) in [6.07, 6.45) is 3.57. The first kappa shape index (κ1) is 11.9. The molecule has 96 valence electrons. The first-order chi connectivity index (χ1) is 9.31. The van der Waals surface area contributed by atoms with Crippen LogP contribution < -0.4 is 5.73 Å². The molecule has 19 heavy (non-hydrogen) atoms. The lowest BCUT2D eigenvalue weighted by molar-refractivity contribution is 0.671. The lowest BCUT2D eigenvalue weighted by Gasteiger charge is -2.13. The van der Waals surface area contributed by atoms with Gasteiger partial charge in [-0.25, -0.2) is 4.98 Å². The lowest BCUT2D eigenvalue weighted by Crippen LogP contribution is -2.17. The number of imidazole rings is 1. The quantitative estimate of drug-likeness (QED) is 0.779. The zero-order chi connectivity index (χ0) is 13.2. The van der Waals surface area contributed by atoms with Gasteiger partial charge < -0.3 is 10.3 Å². The first-order valence-corrected chi connectivity index (χ1v) is 6.42. The summed E-state index contributed by atoms with van der Waals surface area (Å²) >= 11 is 0. The molecule has 2 heterocycles. The van der Waals surface area contributed by atoms with E-state index in [4.69, 9.17) is 5.73 Å². The third-order valence-electron chi connectivity index (χ3n) is 3.33. The molecule has 0 saturated carbocycles. The number of hydrogen-bond donors (Lipinski definition) is 1. The highest BCUT2D eigenvalue weighted by molar-refractivity contribution is 5.75. The average molecular weight is 252 g/mol. The van der Waals surface area contributed by atoms with Gasteiger partial charge in [0.05, 0.1) is 17.8 Å². The van der Waals surface area contributed by atoms with Crippen molar-refractivity contribution < 1.29 is 0 Å². The maximum absolute atomic E-state index is 6.35. The molecular weight excluding hydrogens is 236 g/mol. The number of aryl methyl sites for hydroxylation is 1. The topological polar surface area (TPSA) is 56.7 Å². The number of pyridine rings is 1. The Hall–Kier alpha value is -2.20. The van der Waals surface area contributed by atoms with Crippen molar-refractivity contribution in [2.45, 2.75) is 19.5 Å². The van der Waals surface area contributed by atoms with Crippen LogP contribution in [0.2, 0.25) is 0 Å². The molecule has 3 rings (SSSR count). The van der Waals surface area contributed by atoms with Crippen LogP contribution in [0.15, 0.2) is 48.8 Å². The minimum Gasteiger partial charge on any atom is -0.327 e. The minimum absolute atomic E-state index is 0.214. The second kappa shape index (κ2) is 4.82. The van der Waals surface area contributed by atoms with Gasteiger partial charge in [-0.1, -0.05) is 30.3 Å². The fourth-order valence-electron chi connectivity index (χ4n) is 2.38. The van der Waals surface area contributed by atoms with Gasteiger partial charge in [-0.05, 0) is 18.6 Å². The Morgan fingerprint density at radius 2 is 2.00 bits per heavy atom. The Labute approximate surface area is 111 Å². The molecule has 0 fully saturated rings. The van der Waals surface area contributed by atoms with Crippen molar-refractivity contribution in [2.75, 3.05) is 0 Å². The van der Waals surface area contributed by atoms with E-state index in [0.717, 1.165) is 29.0 Å². The van der Waals surface area contributed by atoms with Gasteiger partial charge in [0, 0.05) is 12.7 Å². The van der Waals surface area contributed by atoms with Crippen LogP contribution in [0.5, 0.6) is 0 Å². The second-order valence-electron chi connectivity index (χ2n) is 4.47. The van der Waals surface area contributed by atoms with Crippen molar-refractivity contribution in [3.63, 3.8) is 0 Å². The highest BCUT2D eigenvalue weighted by Crippen LogP contribution is 2.23. The largest absolute Gasteiger partial charge is 0.327 e. The summed E-state index contributed by atoms with van der Waals surface area (Å²) in [5, 5.41) is 0. The monoisotopic (exact) mass is 252 g/mol. The smallest absolute Gasteiger partial charge is 0.131 e. The van der Waals surface area contributed by atoms with Crippen molar-refractivity contribution in [1.29, 1.82) is 0 Å². The molecule has 2 N–H and O–H groups in total. The predicted octanol–water partition coefficient (Wildman–Crippen LogP) is 2.50. The van der Waals surface area contributed by atoms with Gasteiger partial charge in [-0.2, -0.15) is 0 Å². The Kier molecular flexibility index (Phi) is 3.01. The third-order valence-corrected chi connectivity index (χ3v) is 3.33. The van der Waals surface area contributed by atoms with E-state index in [0.29, 0.717) is 0 Å². The Balaban J connectivity index is 2.14. The molecule has 0 aliphatic heterocycles. The fourth-order valence-corrected chi connectivity index (χ4v) is 2.38. The molecule has 4 nitrogen and oxygen atoms in total. The third kappa shape index (κ3) is 2.00. The molecular formula is C15H16N4. The number of nitrogens with two attached hydrogens (primary N) is 1. The number of rotatable bonds is 3. The number of fused-ring (bicyclic) bond motifs is 1. The molecule has 0 spiro atoms. The van der Waals surface area contributed by atoms with Crippen molar-refractivity contribution in [3.8, 4) is 0 Å². The molecule has 2 aromatic heterocycles. The van der Waals surface area contributed by atoms with E-state index in [2.05, 4.69) is 21.5 Å². The molecule has 1 atom stereocenters. The van der Waals surface area contributed by atoms with Crippen molar-refractivity contribution in [3.05, 3.63) is 60.2 Å². The van der Waals surface area contributed by atoms with E-state index < -0.39 is 0 Å². The molecule has 0 bridgehead atoms. The minimum atomic E-state index is -0.214. The van der Waals surface area contributed by atoms with Crippen molar-refractivity contribution in [2.24, 2.45) is 5.73 Å². The predicted molar refractivity (Wildman–Crippen MR) is 75.7 cm³/mol. The summed E-state index contributed by atoms with van der Waals surface area (Å²) in [6.45, 7) is 2.94. The van der Waals surface area contributed by atoms with Crippen LogP contribution in [0.25, 0.3) is 11.0 Å². The van der Waals surface area contributed by atoms with Gasteiger partial charge in [0.2, 0.25) is 0 Å². The zero-order valence-corrected chi connectivity index (χ0v) is 10.8. The average Bonchev–Trinajstić information content (AvgIpc) is 2.85. The van der Waals surface area contributed by atoms with Crippen LogP contribution in [-0.4, -0.2) is 14.5 Å². The Morgan fingerprint density at radius 3 is 2.74 bits per heavy atom. The van der Waals surface area contributed by atoms with Crippen molar-refractivity contribution >= 4 is 11.0 Å². The molecule has 0 radical (unpaired) electrons. The maximum atomic E-state index is 6.35. The van der Waals surface area contributed by atoms with E-state index in [-0.39, 0.29) is 6.04 Å². The standard InChI is InChI=1S/C15H16N4/c1-2-19-13-8-9-17-10-12(13)18-15(19)14(16)11-6-4-3-5-7-11/h3-10,14H,2,16H2,1H3. The van der Waals surface area contributed by atoms with Crippen LogP contribution in [0.3, 0.4) is 0 Å². The van der Waals surface area contributed by atoms with E-state index in [1.165, 1.54) is 0 Å². The van der Waals surface area contributed by atoms with Gasteiger partial charge in [-0.15, -0.1) is 0 Å². The molecule has 0 saturated heterocycles. The summed E-state index contributed by atoms with van der Waals surface area (Å²) in [5.41, 5.74) is 9.40. The van der Waals surface area contributed by atoms with Crippen LogP contribution in [0.4, 0.5) is 0 Å². The van der Waals surface area contributed by atoms with E-state index in [1.807, 2.05) is 36.4 Å². The summed E-state index contributed by atoms with van der Waals surface area (Å²) in [5.74, 6) is 0.886. The molecule has 1 aromatic carbocycles. The first-order valence-electron chi connectivity index (χ1n) is 6.42. The van der Waals surface area contributed by atoms with Crippen molar-refractivity contribution in [1.82, 2.24) is 14.5 Å². The second-order valence-corrected chi connectivity index (χ2v) is 4.47. The highest BCUT2D eigenvalue weighted by atomic mass is 15.1. The van der Waals surface area contributed by atoms with Crippen LogP contribution in [0.1, 0.15) is 24.4 Å². The number of benzene rings is 1. The summed E-state index contributed by atoms with van der Waals surface area (Å²) in [6, 6.07) is 11.8. The zero-order valence-electron chi connectivity index (χ0n) is 10.8. The number of nitrogens with zero attached hydrogens (tertiary/aromatic N) is 3. The maximum Gasteiger partial charge on any atom is 0.131 e. The summed E-state index contributed by atoms with van der Waals surface area (Å²) in [4.78, 5) is 8.75. The Morgan fingerprint density at radius 1 is 1.21 bits per heavy atom. The Bertz CT molecular complexity index is 688. The van der Waals surface area contributed by atoms with Gasteiger partial charge in [0.1, 0.15) is 11.3 Å². The molecule has 0 aliphatic rings. The molecule has 1 unspecified atom stereocenters. The normalized spacial score (nSPS) is 12.7. The van der Waals surface area contributed by atoms with Crippen LogP contribution in [0, 0.1) is 0 Å². The van der Waals surface area contributed by atoms with Crippen LogP contribution in [-0.2, 0) is 6.54 Å². The molecule has 3 aromatic rings. The molecule has 0 amide bonds. The van der Waals surface area contributed by atoms with E-state index in [9.17, 15) is 0 Å². The molecule has 0 aliphatic carbocycles. The summed E-state index contributed by atoms with van der Waals surface area (Å²) in [7, 11) is 0. The highest BCUT2D eigenvalue weighted by Gasteiger charge is 2.17. The van der Waals surface area contributed by atoms with Gasteiger partial charge in [-0.3, -0.25) is 4.98 Å². The van der Waals surface area contributed by atoms with Gasteiger partial charge in [0.25, 0.3) is 0 Å². The van der Waals surface area contributed by atoms with Gasteiger partial charge in [0.15, 0.2) is 0 Å². The SMILES string of the molecule is CCn1c(C(N)c2ccccc2)nc2cnccc21.